The second kappa shape index (κ2) is 5.16. The van der Waals surface area contributed by atoms with Crippen molar-refractivity contribution in [2.24, 2.45) is 0 Å². The lowest BCUT2D eigenvalue weighted by molar-refractivity contribution is 0.391. The molecule has 0 unspecified atom stereocenters. The third kappa shape index (κ3) is 2.66. The number of aryl methyl sites for hydroxylation is 1. The summed E-state index contributed by atoms with van der Waals surface area (Å²) in [6, 6.07) is 12.8. The van der Waals surface area contributed by atoms with Gasteiger partial charge in [-0.2, -0.15) is 4.31 Å². The molecule has 0 spiro atoms. The zero-order valence-corrected chi connectivity index (χ0v) is 12.7. The smallest absolute Gasteiger partial charge is 0.243 e. The summed E-state index contributed by atoms with van der Waals surface area (Å²) in [6.45, 7) is 2.79. The number of nitrogens with two attached hydrogens (primary N) is 1. The molecule has 0 saturated heterocycles. The lowest BCUT2D eigenvalue weighted by Crippen LogP contribution is -2.36. The minimum Gasteiger partial charge on any atom is -0.399 e. The maximum Gasteiger partial charge on any atom is 0.243 e. The second-order valence-corrected chi connectivity index (χ2v) is 7.37. The van der Waals surface area contributed by atoms with Gasteiger partial charge in [-0.25, -0.2) is 8.42 Å². The quantitative estimate of drug-likeness (QED) is 0.866. The molecule has 21 heavy (non-hydrogen) atoms. The SMILES string of the molecule is Cc1cccc(S(=O)(=O)N2CCc3ccc(N)cc3C2)c1. The normalized spacial score (nSPS) is 15.7. The van der Waals surface area contributed by atoms with Gasteiger partial charge in [-0.05, 0) is 54.3 Å². The predicted molar refractivity (Wildman–Crippen MR) is 83.3 cm³/mol. The first-order valence-electron chi connectivity index (χ1n) is 6.91. The van der Waals surface area contributed by atoms with Crippen LogP contribution in [0, 0.1) is 6.92 Å². The minimum absolute atomic E-state index is 0.356. The summed E-state index contributed by atoms with van der Waals surface area (Å²) in [5.74, 6) is 0. The van der Waals surface area contributed by atoms with Gasteiger partial charge in [-0.3, -0.25) is 0 Å². The summed E-state index contributed by atoms with van der Waals surface area (Å²) < 4.78 is 27.0. The van der Waals surface area contributed by atoms with Crippen molar-refractivity contribution in [3.05, 3.63) is 59.2 Å². The molecular weight excluding hydrogens is 284 g/mol. The van der Waals surface area contributed by atoms with E-state index in [1.54, 1.807) is 18.2 Å². The van der Waals surface area contributed by atoms with Gasteiger partial charge in [-0.15, -0.1) is 0 Å². The molecule has 0 saturated carbocycles. The van der Waals surface area contributed by atoms with Crippen LogP contribution < -0.4 is 5.73 Å². The largest absolute Gasteiger partial charge is 0.399 e. The first-order chi connectivity index (χ1) is 9.96. The maximum absolute atomic E-state index is 12.7. The minimum atomic E-state index is -3.45. The number of nitrogen functional groups attached to an aromatic ring is 1. The van der Waals surface area contributed by atoms with Crippen molar-refractivity contribution in [2.45, 2.75) is 24.8 Å². The number of fused-ring (bicyclic) bond motifs is 1. The van der Waals surface area contributed by atoms with Crippen LogP contribution >= 0.6 is 0 Å². The molecule has 0 bridgehead atoms. The van der Waals surface area contributed by atoms with E-state index < -0.39 is 10.0 Å². The molecule has 5 heteroatoms. The van der Waals surface area contributed by atoms with Crippen molar-refractivity contribution in [1.29, 1.82) is 0 Å². The Hall–Kier alpha value is -1.85. The summed E-state index contributed by atoms with van der Waals surface area (Å²) in [4.78, 5) is 0.356. The molecule has 2 aromatic carbocycles. The zero-order chi connectivity index (χ0) is 15.0. The van der Waals surface area contributed by atoms with Crippen LogP contribution in [-0.4, -0.2) is 19.3 Å². The predicted octanol–water partition coefficient (Wildman–Crippen LogP) is 2.32. The summed E-state index contributed by atoms with van der Waals surface area (Å²) in [6.07, 6.45) is 0.723. The average molecular weight is 302 g/mol. The number of rotatable bonds is 2. The van der Waals surface area contributed by atoms with Crippen LogP contribution in [0.25, 0.3) is 0 Å². The molecule has 1 aliphatic rings. The maximum atomic E-state index is 12.7. The van der Waals surface area contributed by atoms with Crippen LogP contribution in [0.4, 0.5) is 5.69 Å². The number of anilines is 1. The fraction of sp³-hybridized carbons (Fsp3) is 0.250. The lowest BCUT2D eigenvalue weighted by Gasteiger charge is -2.28. The molecule has 0 atom stereocenters. The van der Waals surface area contributed by atoms with Gasteiger partial charge in [-0.1, -0.05) is 18.2 Å². The third-order valence-corrected chi connectivity index (χ3v) is 5.68. The fourth-order valence-electron chi connectivity index (χ4n) is 2.68. The highest BCUT2D eigenvalue weighted by Gasteiger charge is 2.28. The third-order valence-electron chi connectivity index (χ3n) is 3.83. The van der Waals surface area contributed by atoms with Crippen molar-refractivity contribution < 1.29 is 8.42 Å². The van der Waals surface area contributed by atoms with E-state index in [1.807, 2.05) is 31.2 Å². The van der Waals surface area contributed by atoms with E-state index in [-0.39, 0.29) is 0 Å². The Balaban J connectivity index is 1.95. The Morgan fingerprint density at radius 1 is 1.10 bits per heavy atom. The molecule has 1 aliphatic heterocycles. The molecule has 4 nitrogen and oxygen atoms in total. The number of sulfonamides is 1. The van der Waals surface area contributed by atoms with E-state index in [2.05, 4.69) is 0 Å². The fourth-order valence-corrected chi connectivity index (χ4v) is 4.21. The van der Waals surface area contributed by atoms with Crippen molar-refractivity contribution in [3.8, 4) is 0 Å². The Morgan fingerprint density at radius 3 is 2.67 bits per heavy atom. The lowest BCUT2D eigenvalue weighted by atomic mass is 10.0. The van der Waals surface area contributed by atoms with Gasteiger partial charge >= 0.3 is 0 Å². The van der Waals surface area contributed by atoms with Crippen molar-refractivity contribution in [3.63, 3.8) is 0 Å². The molecular formula is C16H18N2O2S. The molecule has 110 valence electrons. The number of nitrogens with zero attached hydrogens (tertiary/aromatic N) is 1. The van der Waals surface area contributed by atoms with Gasteiger partial charge in [0.05, 0.1) is 4.90 Å². The number of hydrogen-bond donors (Lipinski definition) is 1. The first kappa shape index (κ1) is 14.1. The Morgan fingerprint density at radius 2 is 1.90 bits per heavy atom. The highest BCUT2D eigenvalue weighted by atomic mass is 32.2. The van der Waals surface area contributed by atoms with Gasteiger partial charge < -0.3 is 5.73 Å². The number of benzene rings is 2. The summed E-state index contributed by atoms with van der Waals surface area (Å²) >= 11 is 0. The number of hydrogen-bond acceptors (Lipinski definition) is 3. The molecule has 3 rings (SSSR count). The van der Waals surface area contributed by atoms with Gasteiger partial charge in [0, 0.05) is 18.8 Å². The molecule has 0 amide bonds. The van der Waals surface area contributed by atoms with Crippen molar-refractivity contribution >= 4 is 15.7 Å². The van der Waals surface area contributed by atoms with Gasteiger partial charge in [0.15, 0.2) is 0 Å². The van der Waals surface area contributed by atoms with Crippen LogP contribution in [0.2, 0.25) is 0 Å². The Kier molecular flexibility index (Phi) is 3.47. The summed E-state index contributed by atoms with van der Waals surface area (Å²) in [5, 5.41) is 0. The van der Waals surface area contributed by atoms with E-state index in [0.717, 1.165) is 17.5 Å². The van der Waals surface area contributed by atoms with E-state index in [1.165, 1.54) is 9.87 Å². The second-order valence-electron chi connectivity index (χ2n) is 5.43. The van der Waals surface area contributed by atoms with E-state index in [0.29, 0.717) is 23.7 Å². The van der Waals surface area contributed by atoms with Crippen LogP contribution in [0.1, 0.15) is 16.7 Å². The summed E-state index contributed by atoms with van der Waals surface area (Å²) in [5.41, 5.74) is 9.59. The average Bonchev–Trinajstić information content (AvgIpc) is 2.46. The molecule has 2 aromatic rings. The summed E-state index contributed by atoms with van der Waals surface area (Å²) in [7, 11) is -3.45. The van der Waals surface area contributed by atoms with Crippen LogP contribution in [0.15, 0.2) is 47.4 Å². The van der Waals surface area contributed by atoms with E-state index in [4.69, 9.17) is 5.73 Å². The first-order valence-corrected chi connectivity index (χ1v) is 8.35. The standard InChI is InChI=1S/C16H18N2O2S/c1-12-3-2-4-16(9-12)21(19,20)18-8-7-13-5-6-15(17)10-14(13)11-18/h2-6,9-10H,7-8,11,17H2,1H3. The molecule has 2 N–H and O–H groups in total. The van der Waals surface area contributed by atoms with Crippen molar-refractivity contribution in [1.82, 2.24) is 4.31 Å². The van der Waals surface area contributed by atoms with Crippen LogP contribution in [0.3, 0.4) is 0 Å². The topological polar surface area (TPSA) is 63.4 Å². The molecule has 0 aliphatic carbocycles. The Labute approximate surface area is 125 Å². The molecule has 0 fully saturated rings. The Bertz CT molecular complexity index is 785. The molecule has 1 heterocycles. The van der Waals surface area contributed by atoms with Crippen LogP contribution in [0.5, 0.6) is 0 Å². The molecule has 0 aromatic heterocycles. The highest BCUT2D eigenvalue weighted by Crippen LogP contribution is 2.26. The van der Waals surface area contributed by atoms with Gasteiger partial charge in [0.25, 0.3) is 0 Å². The van der Waals surface area contributed by atoms with Gasteiger partial charge in [0.1, 0.15) is 0 Å². The van der Waals surface area contributed by atoms with Crippen molar-refractivity contribution in [2.75, 3.05) is 12.3 Å². The van der Waals surface area contributed by atoms with E-state index >= 15 is 0 Å². The van der Waals surface area contributed by atoms with Gasteiger partial charge in [0.2, 0.25) is 10.0 Å². The highest BCUT2D eigenvalue weighted by molar-refractivity contribution is 7.89. The molecule has 0 radical (unpaired) electrons. The van der Waals surface area contributed by atoms with Crippen LogP contribution in [-0.2, 0) is 23.0 Å². The zero-order valence-electron chi connectivity index (χ0n) is 11.9. The monoisotopic (exact) mass is 302 g/mol. The van der Waals surface area contributed by atoms with E-state index in [9.17, 15) is 8.42 Å².